The van der Waals surface area contributed by atoms with E-state index < -0.39 is 17.6 Å². The van der Waals surface area contributed by atoms with E-state index in [0.717, 1.165) is 18.9 Å². The van der Waals surface area contributed by atoms with E-state index >= 15 is 0 Å². The van der Waals surface area contributed by atoms with Crippen molar-refractivity contribution in [2.45, 2.75) is 38.2 Å². The van der Waals surface area contributed by atoms with Crippen molar-refractivity contribution in [2.75, 3.05) is 12.4 Å². The first kappa shape index (κ1) is 22.6. The van der Waals surface area contributed by atoms with E-state index in [9.17, 15) is 22.4 Å². The standard InChI is InChI=1S/C21H20F4N6O2/c1-33-11-15-8-12(6-7-26-15)19-29-20(30-31(19)10-18(32)27-13-2-3-13)28-14-4-5-17(22)16(9-14)21(23,24)25/h4-9,13H,2-3,10-11H2,1H3,(H,27,32)(H,28,30). The average Bonchev–Trinajstić information content (AvgIpc) is 3.47. The van der Waals surface area contributed by atoms with Crippen molar-refractivity contribution in [2.24, 2.45) is 0 Å². The number of carbonyl (C=O) groups is 1. The van der Waals surface area contributed by atoms with Gasteiger partial charge in [-0.15, -0.1) is 5.10 Å². The summed E-state index contributed by atoms with van der Waals surface area (Å²) in [7, 11) is 1.53. The van der Waals surface area contributed by atoms with Gasteiger partial charge in [0.1, 0.15) is 12.4 Å². The van der Waals surface area contributed by atoms with Gasteiger partial charge in [0.15, 0.2) is 5.82 Å². The molecule has 0 bridgehead atoms. The molecule has 0 unspecified atom stereocenters. The largest absolute Gasteiger partial charge is 0.419 e. The molecule has 8 nitrogen and oxygen atoms in total. The topological polar surface area (TPSA) is 94.0 Å². The van der Waals surface area contributed by atoms with Crippen molar-refractivity contribution in [3.8, 4) is 11.4 Å². The van der Waals surface area contributed by atoms with E-state index in [1.54, 1.807) is 18.3 Å². The highest BCUT2D eigenvalue weighted by Crippen LogP contribution is 2.33. The smallest absolute Gasteiger partial charge is 0.378 e. The van der Waals surface area contributed by atoms with Gasteiger partial charge in [0, 0.05) is 30.6 Å². The van der Waals surface area contributed by atoms with Crippen molar-refractivity contribution >= 4 is 17.5 Å². The number of rotatable bonds is 8. The maximum Gasteiger partial charge on any atom is 0.419 e. The summed E-state index contributed by atoms with van der Waals surface area (Å²) in [6.45, 7) is 0.116. The second-order valence-corrected chi connectivity index (χ2v) is 7.54. The highest BCUT2D eigenvalue weighted by Gasteiger charge is 2.34. The van der Waals surface area contributed by atoms with Crippen LogP contribution >= 0.6 is 0 Å². The van der Waals surface area contributed by atoms with E-state index in [2.05, 4.69) is 25.7 Å². The van der Waals surface area contributed by atoms with E-state index in [1.165, 1.54) is 11.8 Å². The van der Waals surface area contributed by atoms with Crippen molar-refractivity contribution in [1.29, 1.82) is 0 Å². The predicted octanol–water partition coefficient (Wildman–Crippen LogP) is 3.67. The molecule has 1 fully saturated rings. The Kier molecular flexibility index (Phi) is 6.27. The number of nitrogens with one attached hydrogen (secondary N) is 2. The first-order valence-electron chi connectivity index (χ1n) is 10.0. The molecule has 0 spiro atoms. The molecule has 1 saturated carbocycles. The highest BCUT2D eigenvalue weighted by atomic mass is 19.4. The number of nitrogens with zero attached hydrogens (tertiary/aromatic N) is 4. The van der Waals surface area contributed by atoms with Crippen LogP contribution in [0.5, 0.6) is 0 Å². The fraction of sp³-hybridized carbons (Fsp3) is 0.333. The van der Waals surface area contributed by atoms with Crippen LogP contribution in [0.4, 0.5) is 29.2 Å². The Morgan fingerprint density at radius 2 is 2.03 bits per heavy atom. The van der Waals surface area contributed by atoms with Crippen LogP contribution in [0.1, 0.15) is 24.1 Å². The summed E-state index contributed by atoms with van der Waals surface area (Å²) in [6, 6.07) is 6.03. The summed E-state index contributed by atoms with van der Waals surface area (Å²) in [4.78, 5) is 20.9. The number of halogens is 4. The lowest BCUT2D eigenvalue weighted by molar-refractivity contribution is -0.140. The van der Waals surface area contributed by atoms with Crippen LogP contribution in [0.15, 0.2) is 36.5 Å². The Morgan fingerprint density at radius 1 is 1.24 bits per heavy atom. The maximum atomic E-state index is 13.6. The van der Waals surface area contributed by atoms with Crippen LogP contribution in [0.2, 0.25) is 0 Å². The quantitative estimate of drug-likeness (QED) is 0.494. The van der Waals surface area contributed by atoms with Gasteiger partial charge < -0.3 is 15.4 Å². The minimum Gasteiger partial charge on any atom is -0.378 e. The van der Waals surface area contributed by atoms with Gasteiger partial charge in [-0.1, -0.05) is 0 Å². The summed E-state index contributed by atoms with van der Waals surface area (Å²) in [5.41, 5.74) is -0.249. The molecule has 1 aliphatic carbocycles. The van der Waals surface area contributed by atoms with Crippen LogP contribution in [-0.2, 0) is 28.9 Å². The molecule has 4 rings (SSSR count). The molecule has 1 aliphatic rings. The number of hydrogen-bond acceptors (Lipinski definition) is 6. The summed E-state index contributed by atoms with van der Waals surface area (Å²) < 4.78 is 59.2. The van der Waals surface area contributed by atoms with Gasteiger partial charge in [-0.25, -0.2) is 9.07 Å². The van der Waals surface area contributed by atoms with Crippen LogP contribution < -0.4 is 10.6 Å². The van der Waals surface area contributed by atoms with Gasteiger partial charge in [-0.3, -0.25) is 9.78 Å². The van der Waals surface area contributed by atoms with E-state index in [1.807, 2.05) is 0 Å². The number of hydrogen-bond donors (Lipinski definition) is 2. The van der Waals surface area contributed by atoms with Crippen LogP contribution in [-0.4, -0.2) is 38.8 Å². The molecule has 174 valence electrons. The number of ether oxygens (including phenoxy) is 1. The normalized spacial score (nSPS) is 13.7. The molecule has 2 N–H and O–H groups in total. The molecule has 12 heteroatoms. The first-order valence-corrected chi connectivity index (χ1v) is 10.0. The SMILES string of the molecule is COCc1cc(-c2nc(Nc3ccc(F)c(C(F)(F)F)c3)nn2CC(=O)NC2CC2)ccn1. The Bertz CT molecular complexity index is 1160. The fourth-order valence-corrected chi connectivity index (χ4v) is 3.15. The van der Waals surface area contributed by atoms with Crippen LogP contribution in [0.3, 0.4) is 0 Å². The molecule has 0 aliphatic heterocycles. The van der Waals surface area contributed by atoms with Crippen LogP contribution in [0, 0.1) is 5.82 Å². The Morgan fingerprint density at radius 3 is 2.73 bits per heavy atom. The van der Waals surface area contributed by atoms with Gasteiger partial charge in [0.05, 0.1) is 17.9 Å². The number of methoxy groups -OCH3 is 1. The number of aromatic nitrogens is 4. The van der Waals surface area contributed by atoms with Crippen molar-refractivity contribution < 1.29 is 27.1 Å². The molecule has 0 radical (unpaired) electrons. The third kappa shape index (κ3) is 5.64. The zero-order chi connectivity index (χ0) is 23.6. The zero-order valence-corrected chi connectivity index (χ0v) is 17.5. The summed E-state index contributed by atoms with van der Waals surface area (Å²) in [6.07, 6.45) is -1.47. The second kappa shape index (κ2) is 9.14. The monoisotopic (exact) mass is 464 g/mol. The molecule has 2 heterocycles. The maximum absolute atomic E-state index is 13.6. The molecule has 1 aromatic carbocycles. The van der Waals surface area contributed by atoms with Gasteiger partial charge in [-0.05, 0) is 43.2 Å². The predicted molar refractivity (Wildman–Crippen MR) is 110 cm³/mol. The van der Waals surface area contributed by atoms with Crippen LogP contribution in [0.25, 0.3) is 11.4 Å². The lowest BCUT2D eigenvalue weighted by Crippen LogP contribution is -2.30. The molecular weight excluding hydrogens is 444 g/mol. The number of alkyl halides is 3. The minimum absolute atomic E-state index is 0.0472. The van der Waals surface area contributed by atoms with Crippen molar-refractivity contribution in [3.63, 3.8) is 0 Å². The second-order valence-electron chi connectivity index (χ2n) is 7.54. The number of carbonyl (C=O) groups excluding carboxylic acids is 1. The summed E-state index contributed by atoms with van der Waals surface area (Å²) in [5, 5.41) is 9.76. The highest BCUT2D eigenvalue weighted by molar-refractivity contribution is 5.77. The van der Waals surface area contributed by atoms with Crippen molar-refractivity contribution in [3.05, 3.63) is 53.6 Å². The Balaban J connectivity index is 1.65. The van der Waals surface area contributed by atoms with Gasteiger partial charge >= 0.3 is 6.18 Å². The minimum atomic E-state index is -4.85. The van der Waals surface area contributed by atoms with E-state index in [-0.39, 0.29) is 36.7 Å². The van der Waals surface area contributed by atoms with Gasteiger partial charge in [-0.2, -0.15) is 18.2 Å². The third-order valence-corrected chi connectivity index (χ3v) is 4.80. The molecule has 3 aromatic rings. The van der Waals surface area contributed by atoms with E-state index in [4.69, 9.17) is 4.74 Å². The molecule has 0 saturated heterocycles. The van der Waals surface area contributed by atoms with E-state index in [0.29, 0.717) is 29.2 Å². The average molecular weight is 464 g/mol. The molecule has 1 amide bonds. The molecule has 33 heavy (non-hydrogen) atoms. The Hall–Kier alpha value is -3.54. The van der Waals surface area contributed by atoms with Gasteiger partial charge in [0.2, 0.25) is 11.9 Å². The fourth-order valence-electron chi connectivity index (χ4n) is 3.15. The lowest BCUT2D eigenvalue weighted by Gasteiger charge is -2.10. The molecular formula is C21H20F4N6O2. The Labute approximate surface area is 186 Å². The third-order valence-electron chi connectivity index (χ3n) is 4.80. The summed E-state index contributed by atoms with van der Waals surface area (Å²) in [5.74, 6) is -1.38. The molecule has 0 atom stereocenters. The first-order chi connectivity index (χ1) is 15.7. The van der Waals surface area contributed by atoms with Crippen molar-refractivity contribution in [1.82, 2.24) is 25.1 Å². The lowest BCUT2D eigenvalue weighted by atomic mass is 10.2. The number of anilines is 2. The summed E-state index contributed by atoms with van der Waals surface area (Å²) >= 11 is 0. The number of amides is 1. The van der Waals surface area contributed by atoms with Gasteiger partial charge in [0.25, 0.3) is 0 Å². The number of benzene rings is 1. The zero-order valence-electron chi connectivity index (χ0n) is 17.5. The molecule has 2 aromatic heterocycles. The number of pyridine rings is 1.